The zero-order chi connectivity index (χ0) is 18.5. The molecule has 0 spiro atoms. The van der Waals surface area contributed by atoms with Crippen LogP contribution in [-0.4, -0.2) is 54.9 Å². The molecule has 0 unspecified atom stereocenters. The van der Waals surface area contributed by atoms with E-state index in [4.69, 9.17) is 4.74 Å². The molecule has 0 radical (unpaired) electrons. The molecule has 1 aromatic carbocycles. The van der Waals surface area contributed by atoms with Gasteiger partial charge in [0.1, 0.15) is 5.75 Å². The maximum Gasteiger partial charge on any atom is 0.257 e. The number of amides is 2. The van der Waals surface area contributed by atoms with Crippen LogP contribution in [0, 0.1) is 12.8 Å². The number of likely N-dealkylation sites (tertiary alicyclic amines) is 2. The van der Waals surface area contributed by atoms with Crippen LogP contribution in [-0.2, 0) is 4.79 Å². The summed E-state index contributed by atoms with van der Waals surface area (Å²) < 4.78 is 5.35. The van der Waals surface area contributed by atoms with Crippen LogP contribution in [0.4, 0.5) is 0 Å². The summed E-state index contributed by atoms with van der Waals surface area (Å²) >= 11 is 0. The summed E-state index contributed by atoms with van der Waals surface area (Å²) in [5.74, 6) is 0.985. The van der Waals surface area contributed by atoms with Crippen LogP contribution in [0.15, 0.2) is 18.2 Å². The normalized spacial score (nSPS) is 19.2. The van der Waals surface area contributed by atoms with E-state index < -0.39 is 0 Å². The highest BCUT2D eigenvalue weighted by molar-refractivity contribution is 5.97. The van der Waals surface area contributed by atoms with Gasteiger partial charge in [-0.2, -0.15) is 0 Å². The summed E-state index contributed by atoms with van der Waals surface area (Å²) in [6.07, 6.45) is 6.22. The third-order valence-corrected chi connectivity index (χ3v) is 5.63. The molecule has 0 aromatic heterocycles. The number of hydrogen-bond donors (Lipinski definition) is 0. The lowest BCUT2D eigenvalue weighted by Gasteiger charge is -2.34. The Kier molecular flexibility index (Phi) is 6.17. The number of nitrogens with zero attached hydrogens (tertiary/aromatic N) is 2. The lowest BCUT2D eigenvalue weighted by Crippen LogP contribution is -2.44. The first-order valence-electron chi connectivity index (χ1n) is 9.83. The maximum atomic E-state index is 12.9. The fourth-order valence-electron chi connectivity index (χ4n) is 4.04. The molecule has 0 bridgehead atoms. The second-order valence-corrected chi connectivity index (χ2v) is 7.51. The van der Waals surface area contributed by atoms with Crippen molar-refractivity contribution in [1.29, 1.82) is 0 Å². The Bertz CT molecular complexity index is 643. The average molecular weight is 358 g/mol. The number of ether oxygens (including phenoxy) is 1. The van der Waals surface area contributed by atoms with Crippen LogP contribution < -0.4 is 4.74 Å². The number of carbonyl (C=O) groups excluding carboxylic acids is 2. The maximum absolute atomic E-state index is 12.9. The van der Waals surface area contributed by atoms with E-state index in [0.717, 1.165) is 44.3 Å². The van der Waals surface area contributed by atoms with Gasteiger partial charge in [0.25, 0.3) is 5.91 Å². The Labute approximate surface area is 156 Å². The molecule has 2 saturated heterocycles. The summed E-state index contributed by atoms with van der Waals surface area (Å²) in [5, 5.41) is 0. The number of hydrogen-bond acceptors (Lipinski definition) is 3. The zero-order valence-electron chi connectivity index (χ0n) is 16.0. The molecule has 26 heavy (non-hydrogen) atoms. The van der Waals surface area contributed by atoms with Crippen molar-refractivity contribution in [3.05, 3.63) is 29.3 Å². The Morgan fingerprint density at radius 1 is 0.962 bits per heavy atom. The van der Waals surface area contributed by atoms with Crippen molar-refractivity contribution < 1.29 is 14.3 Å². The van der Waals surface area contributed by atoms with Crippen molar-refractivity contribution in [1.82, 2.24) is 9.80 Å². The molecule has 0 saturated carbocycles. The van der Waals surface area contributed by atoms with Gasteiger partial charge < -0.3 is 14.5 Å². The van der Waals surface area contributed by atoms with Gasteiger partial charge in [-0.1, -0.05) is 24.5 Å². The first kappa shape index (κ1) is 18.7. The van der Waals surface area contributed by atoms with E-state index >= 15 is 0 Å². The lowest BCUT2D eigenvalue weighted by atomic mass is 9.94. The number of methoxy groups -OCH3 is 1. The largest absolute Gasteiger partial charge is 0.496 e. The van der Waals surface area contributed by atoms with Gasteiger partial charge in [0.2, 0.25) is 5.91 Å². The molecule has 5 nitrogen and oxygen atoms in total. The minimum Gasteiger partial charge on any atom is -0.496 e. The molecule has 3 rings (SSSR count). The van der Waals surface area contributed by atoms with Crippen LogP contribution in [0.25, 0.3) is 0 Å². The van der Waals surface area contributed by atoms with Crippen molar-refractivity contribution in [2.45, 2.75) is 45.4 Å². The summed E-state index contributed by atoms with van der Waals surface area (Å²) in [5.41, 5.74) is 1.66. The quantitative estimate of drug-likeness (QED) is 0.833. The highest BCUT2D eigenvalue weighted by Gasteiger charge is 2.31. The van der Waals surface area contributed by atoms with Gasteiger partial charge in [-0.05, 0) is 44.7 Å². The predicted molar refractivity (Wildman–Crippen MR) is 101 cm³/mol. The summed E-state index contributed by atoms with van der Waals surface area (Å²) in [4.78, 5) is 29.6. The second-order valence-electron chi connectivity index (χ2n) is 7.51. The van der Waals surface area contributed by atoms with Crippen LogP contribution in [0.5, 0.6) is 5.75 Å². The first-order valence-corrected chi connectivity index (χ1v) is 9.83. The van der Waals surface area contributed by atoms with Crippen LogP contribution in [0.3, 0.4) is 0 Å². The lowest BCUT2D eigenvalue weighted by molar-refractivity contribution is -0.136. The highest BCUT2D eigenvalue weighted by Crippen LogP contribution is 2.26. The smallest absolute Gasteiger partial charge is 0.257 e. The zero-order valence-corrected chi connectivity index (χ0v) is 16.0. The molecule has 2 amide bonds. The standard InChI is InChI=1S/C21H30N2O3/c1-16-7-8-19(26-2)18(15-16)21(25)23-13-9-17(10-14-23)20(24)22-11-5-3-4-6-12-22/h7-8,15,17H,3-6,9-14H2,1-2H3. The Balaban J connectivity index is 1.60. The summed E-state index contributed by atoms with van der Waals surface area (Å²) in [6.45, 7) is 5.06. The second kappa shape index (κ2) is 8.56. The van der Waals surface area contributed by atoms with Gasteiger partial charge in [0.05, 0.1) is 12.7 Å². The molecule has 0 atom stereocenters. The SMILES string of the molecule is COc1ccc(C)cc1C(=O)N1CCC(C(=O)N2CCCCCC2)CC1. The summed E-state index contributed by atoms with van der Waals surface area (Å²) in [7, 11) is 1.59. The van der Waals surface area contributed by atoms with Crippen molar-refractivity contribution in [2.75, 3.05) is 33.3 Å². The van der Waals surface area contributed by atoms with Crippen LogP contribution in [0.1, 0.15) is 54.4 Å². The van der Waals surface area contributed by atoms with E-state index in [1.165, 1.54) is 12.8 Å². The number of benzene rings is 1. The van der Waals surface area contributed by atoms with Crippen LogP contribution >= 0.6 is 0 Å². The van der Waals surface area contributed by atoms with E-state index in [1.54, 1.807) is 7.11 Å². The Morgan fingerprint density at radius 3 is 2.23 bits per heavy atom. The van der Waals surface area contributed by atoms with Gasteiger partial charge in [-0.3, -0.25) is 9.59 Å². The Hall–Kier alpha value is -2.04. The highest BCUT2D eigenvalue weighted by atomic mass is 16.5. The van der Waals surface area contributed by atoms with Gasteiger partial charge >= 0.3 is 0 Å². The van der Waals surface area contributed by atoms with E-state index in [0.29, 0.717) is 30.3 Å². The minimum absolute atomic E-state index is 0.00576. The predicted octanol–water partition coefficient (Wildman–Crippen LogP) is 3.26. The van der Waals surface area contributed by atoms with E-state index in [2.05, 4.69) is 4.90 Å². The first-order chi connectivity index (χ1) is 12.6. The fraction of sp³-hybridized carbons (Fsp3) is 0.619. The molecule has 2 fully saturated rings. The molecule has 2 aliphatic heterocycles. The summed E-state index contributed by atoms with van der Waals surface area (Å²) in [6, 6.07) is 5.68. The van der Waals surface area contributed by atoms with E-state index in [9.17, 15) is 9.59 Å². The van der Waals surface area contributed by atoms with Crippen molar-refractivity contribution in [3.8, 4) is 5.75 Å². The van der Waals surface area contributed by atoms with Gasteiger partial charge in [0, 0.05) is 32.1 Å². The molecular weight excluding hydrogens is 328 g/mol. The topological polar surface area (TPSA) is 49.9 Å². The van der Waals surface area contributed by atoms with Gasteiger partial charge in [-0.25, -0.2) is 0 Å². The molecule has 2 aliphatic rings. The third kappa shape index (κ3) is 4.19. The molecule has 0 N–H and O–H groups in total. The third-order valence-electron chi connectivity index (χ3n) is 5.63. The number of rotatable bonds is 3. The monoisotopic (exact) mass is 358 g/mol. The molecule has 142 valence electrons. The molecule has 2 heterocycles. The number of piperidine rings is 1. The van der Waals surface area contributed by atoms with Crippen LogP contribution in [0.2, 0.25) is 0 Å². The average Bonchev–Trinajstić information content (AvgIpc) is 2.96. The molecular formula is C21H30N2O3. The van der Waals surface area contributed by atoms with Crippen molar-refractivity contribution in [2.24, 2.45) is 5.92 Å². The van der Waals surface area contributed by atoms with Gasteiger partial charge in [0.15, 0.2) is 0 Å². The number of carbonyl (C=O) groups is 2. The van der Waals surface area contributed by atoms with Gasteiger partial charge in [-0.15, -0.1) is 0 Å². The Morgan fingerprint density at radius 2 is 1.62 bits per heavy atom. The van der Waals surface area contributed by atoms with Crippen molar-refractivity contribution in [3.63, 3.8) is 0 Å². The molecule has 0 aliphatic carbocycles. The molecule has 1 aromatic rings. The molecule has 5 heteroatoms. The fourth-order valence-corrected chi connectivity index (χ4v) is 4.04. The number of aryl methyl sites for hydroxylation is 1. The van der Waals surface area contributed by atoms with Crippen molar-refractivity contribution >= 4 is 11.8 Å². The van der Waals surface area contributed by atoms with E-state index in [1.807, 2.05) is 30.0 Å². The van der Waals surface area contributed by atoms with E-state index in [-0.39, 0.29) is 11.8 Å². The minimum atomic E-state index is 0.00576.